The van der Waals surface area contributed by atoms with Gasteiger partial charge in [0.2, 0.25) is 0 Å². The minimum Gasteiger partial charge on any atom is -0.331 e. The minimum absolute atomic E-state index is 0.00267. The lowest BCUT2D eigenvalue weighted by molar-refractivity contribution is 0.175. The number of halogens is 1. The second-order valence-corrected chi connectivity index (χ2v) is 7.93. The fourth-order valence-electron chi connectivity index (χ4n) is 2.43. The minimum atomic E-state index is -0.0249. The first-order valence-electron chi connectivity index (χ1n) is 8.40. The van der Waals surface area contributed by atoms with Gasteiger partial charge >= 0.3 is 6.03 Å². The fraction of sp³-hybridized carbons (Fsp3) is 0.706. The molecule has 0 saturated carbocycles. The monoisotopic (exact) mass is 359 g/mol. The van der Waals surface area contributed by atoms with Gasteiger partial charge in [-0.1, -0.05) is 39.3 Å². The second kappa shape index (κ2) is 10.2. The van der Waals surface area contributed by atoms with Crippen molar-refractivity contribution in [3.8, 4) is 0 Å². The highest BCUT2D eigenvalue weighted by atomic mass is 35.5. The molecule has 1 rings (SSSR count). The van der Waals surface area contributed by atoms with Gasteiger partial charge in [0.25, 0.3) is 0 Å². The first kappa shape index (κ1) is 20.3. The predicted molar refractivity (Wildman–Crippen MR) is 100 cm³/mol. The molecule has 1 atom stereocenters. The molecule has 23 heavy (non-hydrogen) atoms. The highest BCUT2D eigenvalue weighted by Gasteiger charge is 2.19. The second-order valence-electron chi connectivity index (χ2n) is 6.18. The van der Waals surface area contributed by atoms with E-state index < -0.39 is 0 Å². The maximum atomic E-state index is 12.6. The smallest absolute Gasteiger partial charge is 0.317 e. The van der Waals surface area contributed by atoms with E-state index >= 15 is 0 Å². The van der Waals surface area contributed by atoms with Crippen molar-refractivity contribution in [1.29, 1.82) is 0 Å². The Morgan fingerprint density at radius 3 is 2.35 bits per heavy atom. The Balaban J connectivity index is 2.63. The summed E-state index contributed by atoms with van der Waals surface area (Å²) in [7, 11) is 0. The summed E-state index contributed by atoms with van der Waals surface area (Å²) in [5.41, 5.74) is 0. The molecule has 0 aliphatic heterocycles. The molecule has 0 fully saturated rings. The van der Waals surface area contributed by atoms with E-state index in [0.717, 1.165) is 41.9 Å². The van der Waals surface area contributed by atoms with Crippen LogP contribution >= 0.6 is 22.9 Å². The summed E-state index contributed by atoms with van der Waals surface area (Å²) in [6, 6.07) is 3.82. The number of likely N-dealkylation sites (N-methyl/N-ethyl adjacent to an activating group) is 1. The fourth-order valence-corrected chi connectivity index (χ4v) is 3.49. The number of rotatable bonds is 9. The molecule has 0 aromatic carbocycles. The number of nitrogens with one attached hydrogen (secondary N) is 1. The Morgan fingerprint density at radius 2 is 1.87 bits per heavy atom. The molecular formula is C17H30ClN3OS. The Bertz CT molecular complexity index is 474. The summed E-state index contributed by atoms with van der Waals surface area (Å²) in [5, 5.41) is 3.09. The van der Waals surface area contributed by atoms with Gasteiger partial charge in [0.1, 0.15) is 0 Å². The average Bonchev–Trinajstić information content (AvgIpc) is 2.93. The predicted octanol–water partition coefficient (Wildman–Crippen LogP) is 4.47. The lowest BCUT2D eigenvalue weighted by Crippen LogP contribution is -2.46. The summed E-state index contributed by atoms with van der Waals surface area (Å²) >= 11 is 7.49. The Kier molecular flexibility index (Phi) is 8.95. The molecule has 0 radical (unpaired) electrons. The van der Waals surface area contributed by atoms with E-state index in [9.17, 15) is 4.79 Å². The third-order valence-corrected chi connectivity index (χ3v) is 5.23. The molecule has 0 saturated heterocycles. The van der Waals surface area contributed by atoms with Crippen LogP contribution in [0.3, 0.4) is 0 Å². The van der Waals surface area contributed by atoms with Gasteiger partial charge in [0, 0.05) is 24.5 Å². The first-order chi connectivity index (χ1) is 10.9. The maximum Gasteiger partial charge on any atom is 0.317 e. The van der Waals surface area contributed by atoms with Crippen LogP contribution in [0.5, 0.6) is 0 Å². The topological polar surface area (TPSA) is 35.6 Å². The quantitative estimate of drug-likeness (QED) is 0.705. The zero-order valence-corrected chi connectivity index (χ0v) is 16.5. The van der Waals surface area contributed by atoms with E-state index in [2.05, 4.69) is 37.9 Å². The van der Waals surface area contributed by atoms with Crippen LogP contribution in [0.15, 0.2) is 12.1 Å². The summed E-state index contributed by atoms with van der Waals surface area (Å²) in [6.07, 6.45) is 0. The number of carbonyl (C=O) groups is 1. The number of hydrogen-bond donors (Lipinski definition) is 1. The zero-order valence-electron chi connectivity index (χ0n) is 14.9. The van der Waals surface area contributed by atoms with E-state index in [-0.39, 0.29) is 12.1 Å². The zero-order chi connectivity index (χ0) is 17.4. The molecule has 6 heteroatoms. The van der Waals surface area contributed by atoms with Gasteiger partial charge in [-0.15, -0.1) is 11.3 Å². The van der Waals surface area contributed by atoms with Gasteiger partial charge < -0.3 is 15.1 Å². The summed E-state index contributed by atoms with van der Waals surface area (Å²) in [6.45, 7) is 15.0. The van der Waals surface area contributed by atoms with Crippen molar-refractivity contribution in [3.05, 3.63) is 21.3 Å². The highest BCUT2D eigenvalue weighted by Crippen LogP contribution is 2.26. The molecule has 0 aliphatic rings. The average molecular weight is 360 g/mol. The number of thiophene rings is 1. The van der Waals surface area contributed by atoms with Crippen molar-refractivity contribution in [2.45, 2.75) is 40.7 Å². The Labute approximate surface area is 149 Å². The van der Waals surface area contributed by atoms with Crippen molar-refractivity contribution in [1.82, 2.24) is 15.1 Å². The molecular weight excluding hydrogens is 330 g/mol. The Morgan fingerprint density at radius 1 is 1.22 bits per heavy atom. The van der Waals surface area contributed by atoms with Crippen molar-refractivity contribution in [2.75, 3.05) is 32.7 Å². The summed E-state index contributed by atoms with van der Waals surface area (Å²) in [4.78, 5) is 18.0. The third-order valence-electron chi connectivity index (χ3n) is 3.81. The molecule has 132 valence electrons. The number of urea groups is 1. The van der Waals surface area contributed by atoms with E-state index in [1.807, 2.05) is 24.0 Å². The number of nitrogens with zero attached hydrogens (tertiary/aromatic N) is 2. The van der Waals surface area contributed by atoms with Crippen LogP contribution in [-0.4, -0.2) is 48.6 Å². The van der Waals surface area contributed by atoms with Crippen molar-refractivity contribution >= 4 is 29.0 Å². The molecule has 1 unspecified atom stereocenters. The van der Waals surface area contributed by atoms with Gasteiger partial charge in [-0.05, 0) is 38.1 Å². The van der Waals surface area contributed by atoms with Gasteiger partial charge in [-0.2, -0.15) is 0 Å². The van der Waals surface area contributed by atoms with Gasteiger partial charge in [0.05, 0.1) is 10.4 Å². The molecule has 4 nitrogen and oxygen atoms in total. The maximum absolute atomic E-state index is 12.6. The van der Waals surface area contributed by atoms with Gasteiger partial charge in [-0.25, -0.2) is 4.79 Å². The Hall–Kier alpha value is -0.780. The number of carbonyl (C=O) groups excluding carboxylic acids is 1. The van der Waals surface area contributed by atoms with Crippen LogP contribution < -0.4 is 5.32 Å². The molecule has 1 aromatic heterocycles. The van der Waals surface area contributed by atoms with Crippen LogP contribution in [0.25, 0.3) is 0 Å². The number of hydrogen-bond acceptors (Lipinski definition) is 3. The summed E-state index contributed by atoms with van der Waals surface area (Å²) in [5.74, 6) is 0.448. The van der Waals surface area contributed by atoms with Crippen molar-refractivity contribution in [3.63, 3.8) is 0 Å². The standard InChI is InChI=1S/C17H30ClN3OS/c1-6-20(7-2)10-11-21(12-13(3)4)17(22)19-14(5)15-8-9-16(18)23-15/h8-9,13-14H,6-7,10-12H2,1-5H3,(H,19,22). The normalized spacial score (nSPS) is 12.7. The van der Waals surface area contributed by atoms with E-state index in [4.69, 9.17) is 11.6 Å². The van der Waals surface area contributed by atoms with E-state index in [1.165, 1.54) is 11.3 Å². The molecule has 1 heterocycles. The largest absolute Gasteiger partial charge is 0.331 e. The molecule has 0 bridgehead atoms. The molecule has 0 aliphatic carbocycles. The molecule has 1 N–H and O–H groups in total. The molecule has 1 aromatic rings. The summed E-state index contributed by atoms with van der Waals surface area (Å²) < 4.78 is 0.752. The van der Waals surface area contributed by atoms with Crippen LogP contribution in [-0.2, 0) is 0 Å². The lowest BCUT2D eigenvalue weighted by Gasteiger charge is -2.29. The van der Waals surface area contributed by atoms with Crippen LogP contribution in [0.4, 0.5) is 4.79 Å². The van der Waals surface area contributed by atoms with E-state index in [0.29, 0.717) is 5.92 Å². The van der Waals surface area contributed by atoms with Gasteiger partial charge in [-0.3, -0.25) is 0 Å². The molecule has 2 amide bonds. The lowest BCUT2D eigenvalue weighted by atomic mass is 10.2. The SMILES string of the molecule is CCN(CC)CCN(CC(C)C)C(=O)NC(C)c1ccc(Cl)s1. The highest BCUT2D eigenvalue weighted by molar-refractivity contribution is 7.16. The van der Waals surface area contributed by atoms with Crippen LogP contribution in [0.2, 0.25) is 4.34 Å². The van der Waals surface area contributed by atoms with E-state index in [1.54, 1.807) is 0 Å². The first-order valence-corrected chi connectivity index (χ1v) is 9.59. The van der Waals surface area contributed by atoms with Crippen molar-refractivity contribution < 1.29 is 4.79 Å². The van der Waals surface area contributed by atoms with Crippen LogP contribution in [0.1, 0.15) is 45.5 Å². The molecule has 0 spiro atoms. The van der Waals surface area contributed by atoms with Gasteiger partial charge in [0.15, 0.2) is 0 Å². The third kappa shape index (κ3) is 7.10. The number of amides is 2. The van der Waals surface area contributed by atoms with Crippen LogP contribution in [0, 0.1) is 5.92 Å². The van der Waals surface area contributed by atoms with Crippen molar-refractivity contribution in [2.24, 2.45) is 5.92 Å².